The van der Waals surface area contributed by atoms with Gasteiger partial charge in [-0.05, 0) is 36.3 Å². The van der Waals surface area contributed by atoms with E-state index in [1.807, 2.05) is 11.3 Å². The standard InChI is InChI=1S/C13H21BrS/c1-5-11-6-7-12(15-11)8-13(4,9-14)10(2)3/h6-7,10H,5,8-9H2,1-4H3. The summed E-state index contributed by atoms with van der Waals surface area (Å²) >= 11 is 5.63. The first-order chi connectivity index (χ1) is 7.01. The highest BCUT2D eigenvalue weighted by Gasteiger charge is 2.27. The quantitative estimate of drug-likeness (QED) is 0.676. The molecule has 0 aliphatic carbocycles. The highest BCUT2D eigenvalue weighted by Crippen LogP contribution is 2.35. The fourth-order valence-electron chi connectivity index (χ4n) is 1.51. The number of halogens is 1. The Balaban J connectivity index is 2.74. The maximum Gasteiger partial charge on any atom is 0.00912 e. The molecule has 0 N–H and O–H groups in total. The predicted molar refractivity (Wildman–Crippen MR) is 74.1 cm³/mol. The van der Waals surface area contributed by atoms with Crippen molar-refractivity contribution in [2.75, 3.05) is 5.33 Å². The largest absolute Gasteiger partial charge is 0.145 e. The van der Waals surface area contributed by atoms with Crippen LogP contribution in [0, 0.1) is 11.3 Å². The fourth-order valence-corrected chi connectivity index (χ4v) is 3.51. The van der Waals surface area contributed by atoms with Crippen LogP contribution in [0.2, 0.25) is 0 Å². The Morgan fingerprint density at radius 2 is 1.93 bits per heavy atom. The van der Waals surface area contributed by atoms with Crippen molar-refractivity contribution in [3.05, 3.63) is 21.9 Å². The van der Waals surface area contributed by atoms with Gasteiger partial charge >= 0.3 is 0 Å². The van der Waals surface area contributed by atoms with Crippen molar-refractivity contribution < 1.29 is 0 Å². The summed E-state index contributed by atoms with van der Waals surface area (Å²) in [7, 11) is 0. The number of aryl methyl sites for hydroxylation is 1. The smallest absolute Gasteiger partial charge is 0.00912 e. The average Bonchev–Trinajstić information content (AvgIpc) is 2.65. The summed E-state index contributed by atoms with van der Waals surface area (Å²) < 4.78 is 0. The number of alkyl halides is 1. The van der Waals surface area contributed by atoms with Crippen molar-refractivity contribution >= 4 is 27.3 Å². The van der Waals surface area contributed by atoms with Crippen molar-refractivity contribution in [3.63, 3.8) is 0 Å². The van der Waals surface area contributed by atoms with Crippen LogP contribution < -0.4 is 0 Å². The molecule has 1 rings (SSSR count). The van der Waals surface area contributed by atoms with Gasteiger partial charge in [-0.2, -0.15) is 0 Å². The van der Waals surface area contributed by atoms with E-state index in [4.69, 9.17) is 0 Å². The molecule has 1 atom stereocenters. The van der Waals surface area contributed by atoms with E-state index in [2.05, 4.69) is 55.8 Å². The Morgan fingerprint density at radius 3 is 2.33 bits per heavy atom. The molecule has 0 bridgehead atoms. The van der Waals surface area contributed by atoms with Crippen LogP contribution in [0.4, 0.5) is 0 Å². The second-order valence-corrected chi connectivity index (χ2v) is 6.65. The van der Waals surface area contributed by atoms with Crippen LogP contribution in [0.3, 0.4) is 0 Å². The highest BCUT2D eigenvalue weighted by molar-refractivity contribution is 9.09. The van der Waals surface area contributed by atoms with Crippen molar-refractivity contribution in [2.24, 2.45) is 11.3 Å². The molecular formula is C13H21BrS. The third kappa shape index (κ3) is 3.32. The molecule has 0 nitrogen and oxygen atoms in total. The minimum absolute atomic E-state index is 0.385. The first-order valence-corrected chi connectivity index (χ1v) is 7.59. The van der Waals surface area contributed by atoms with Crippen molar-refractivity contribution in [1.29, 1.82) is 0 Å². The van der Waals surface area contributed by atoms with Crippen LogP contribution in [-0.2, 0) is 12.8 Å². The third-order valence-electron chi connectivity index (χ3n) is 3.34. The van der Waals surface area contributed by atoms with Gasteiger partial charge in [0.15, 0.2) is 0 Å². The summed E-state index contributed by atoms with van der Waals surface area (Å²) in [5.41, 5.74) is 0.385. The number of hydrogen-bond donors (Lipinski definition) is 0. The second kappa shape index (κ2) is 5.49. The highest BCUT2D eigenvalue weighted by atomic mass is 79.9. The molecule has 1 aromatic rings. The van der Waals surface area contributed by atoms with Crippen LogP contribution in [0.5, 0.6) is 0 Å². The first kappa shape index (κ1) is 13.2. The zero-order valence-corrected chi connectivity index (χ0v) is 12.5. The zero-order valence-electron chi connectivity index (χ0n) is 10.1. The van der Waals surface area contributed by atoms with E-state index in [1.165, 1.54) is 16.2 Å². The van der Waals surface area contributed by atoms with Crippen LogP contribution >= 0.6 is 27.3 Å². The van der Waals surface area contributed by atoms with E-state index in [0.717, 1.165) is 11.8 Å². The van der Waals surface area contributed by atoms with Gasteiger partial charge in [0.2, 0.25) is 0 Å². The summed E-state index contributed by atoms with van der Waals surface area (Å²) in [5, 5.41) is 1.08. The molecule has 0 spiro atoms. The van der Waals surface area contributed by atoms with Crippen molar-refractivity contribution in [3.8, 4) is 0 Å². The van der Waals surface area contributed by atoms with E-state index in [1.54, 1.807) is 0 Å². The molecule has 0 aliphatic rings. The lowest BCUT2D eigenvalue weighted by atomic mass is 9.78. The van der Waals surface area contributed by atoms with Gasteiger partial charge in [-0.25, -0.2) is 0 Å². The van der Waals surface area contributed by atoms with E-state index >= 15 is 0 Å². The molecule has 0 amide bonds. The summed E-state index contributed by atoms with van der Waals surface area (Å²) in [5.74, 6) is 0.712. The minimum atomic E-state index is 0.385. The van der Waals surface area contributed by atoms with Gasteiger partial charge in [0.1, 0.15) is 0 Å². The number of rotatable bonds is 5. The SMILES string of the molecule is CCc1ccc(CC(C)(CBr)C(C)C)s1. The molecular weight excluding hydrogens is 268 g/mol. The van der Waals surface area contributed by atoms with Gasteiger partial charge in [-0.15, -0.1) is 11.3 Å². The first-order valence-electron chi connectivity index (χ1n) is 5.65. The Kier molecular flexibility index (Phi) is 4.85. The monoisotopic (exact) mass is 288 g/mol. The van der Waals surface area contributed by atoms with Crippen LogP contribution in [0.1, 0.15) is 37.4 Å². The molecule has 0 saturated heterocycles. The summed E-state index contributed by atoms with van der Waals surface area (Å²) in [6.45, 7) is 9.23. The van der Waals surface area contributed by atoms with Crippen molar-refractivity contribution in [2.45, 2.75) is 40.5 Å². The van der Waals surface area contributed by atoms with Gasteiger partial charge < -0.3 is 0 Å². The fraction of sp³-hybridized carbons (Fsp3) is 0.692. The lowest BCUT2D eigenvalue weighted by molar-refractivity contribution is 0.260. The lowest BCUT2D eigenvalue weighted by Gasteiger charge is -2.31. The van der Waals surface area contributed by atoms with Gasteiger partial charge in [0.05, 0.1) is 0 Å². The van der Waals surface area contributed by atoms with E-state index < -0.39 is 0 Å². The summed E-state index contributed by atoms with van der Waals surface area (Å²) in [6.07, 6.45) is 2.36. The molecule has 0 aromatic carbocycles. The van der Waals surface area contributed by atoms with Crippen LogP contribution in [0.25, 0.3) is 0 Å². The summed E-state index contributed by atoms with van der Waals surface area (Å²) in [4.78, 5) is 3.04. The molecule has 0 radical (unpaired) electrons. The van der Waals surface area contributed by atoms with Crippen molar-refractivity contribution in [1.82, 2.24) is 0 Å². The van der Waals surface area contributed by atoms with E-state index in [-0.39, 0.29) is 0 Å². The molecule has 0 saturated carbocycles. The second-order valence-electron chi connectivity index (χ2n) is 4.84. The normalized spacial score (nSPS) is 15.6. The number of thiophene rings is 1. The topological polar surface area (TPSA) is 0 Å². The molecule has 0 aliphatic heterocycles. The lowest BCUT2D eigenvalue weighted by Crippen LogP contribution is -2.27. The van der Waals surface area contributed by atoms with Gasteiger partial charge in [0, 0.05) is 15.1 Å². The molecule has 0 fully saturated rings. The van der Waals surface area contributed by atoms with E-state index in [0.29, 0.717) is 11.3 Å². The van der Waals surface area contributed by atoms with Crippen LogP contribution in [-0.4, -0.2) is 5.33 Å². The van der Waals surface area contributed by atoms with Gasteiger partial charge in [0.25, 0.3) is 0 Å². The maximum atomic E-state index is 3.66. The molecule has 15 heavy (non-hydrogen) atoms. The van der Waals surface area contributed by atoms with Gasteiger partial charge in [-0.3, -0.25) is 0 Å². The minimum Gasteiger partial charge on any atom is -0.145 e. The third-order valence-corrected chi connectivity index (χ3v) is 5.85. The Labute approximate surface area is 106 Å². The molecule has 1 aromatic heterocycles. The Hall–Kier alpha value is 0.180. The molecule has 86 valence electrons. The summed E-state index contributed by atoms with van der Waals surface area (Å²) in [6, 6.07) is 4.57. The van der Waals surface area contributed by atoms with Gasteiger partial charge in [-0.1, -0.05) is 43.6 Å². The maximum absolute atomic E-state index is 3.66. The Morgan fingerprint density at radius 1 is 1.33 bits per heavy atom. The number of hydrogen-bond acceptors (Lipinski definition) is 1. The molecule has 2 heteroatoms. The Bertz CT molecular complexity index is 303. The zero-order chi connectivity index (χ0) is 11.5. The predicted octanol–water partition coefficient (Wildman–Crippen LogP) is 4.91. The van der Waals surface area contributed by atoms with E-state index in [9.17, 15) is 0 Å². The average molecular weight is 289 g/mol. The molecule has 1 unspecified atom stereocenters. The molecule has 1 heterocycles. The van der Waals surface area contributed by atoms with Crippen LogP contribution in [0.15, 0.2) is 12.1 Å².